The molecule has 0 fully saturated rings. The standard InChI is InChI=1S/C20H16N2O/c23-20(18-12-6-2-7-13-18)22(19-14-8-3-9-15-19)21-16-17-10-4-1-5-11-17/h1-16H. The molecule has 0 saturated heterocycles. The molecule has 1 amide bonds. The number of para-hydroxylation sites is 1. The smallest absolute Gasteiger partial charge is 0.267 e. The fraction of sp³-hybridized carbons (Fsp3) is 0. The molecular formula is C20H16N2O. The molecule has 0 unspecified atom stereocenters. The van der Waals surface area contributed by atoms with Crippen LogP contribution in [0.25, 0.3) is 0 Å². The first-order chi connectivity index (χ1) is 11.3. The van der Waals surface area contributed by atoms with Gasteiger partial charge in [0.25, 0.3) is 5.91 Å². The third kappa shape index (κ3) is 3.71. The highest BCUT2D eigenvalue weighted by Crippen LogP contribution is 2.17. The highest BCUT2D eigenvalue weighted by atomic mass is 16.2. The summed E-state index contributed by atoms with van der Waals surface area (Å²) in [5.41, 5.74) is 2.27. The van der Waals surface area contributed by atoms with Crippen molar-refractivity contribution in [2.24, 2.45) is 5.10 Å². The number of benzene rings is 3. The van der Waals surface area contributed by atoms with Crippen molar-refractivity contribution in [2.75, 3.05) is 5.01 Å². The fourth-order valence-electron chi connectivity index (χ4n) is 2.17. The number of hydrogen-bond donors (Lipinski definition) is 0. The fourth-order valence-corrected chi connectivity index (χ4v) is 2.17. The molecule has 23 heavy (non-hydrogen) atoms. The molecule has 3 nitrogen and oxygen atoms in total. The van der Waals surface area contributed by atoms with Crippen LogP contribution in [-0.4, -0.2) is 12.1 Å². The van der Waals surface area contributed by atoms with Gasteiger partial charge in [-0.05, 0) is 29.8 Å². The van der Waals surface area contributed by atoms with Crippen LogP contribution in [0.5, 0.6) is 0 Å². The van der Waals surface area contributed by atoms with E-state index in [0.29, 0.717) is 5.56 Å². The molecule has 0 aliphatic carbocycles. The van der Waals surface area contributed by atoms with Gasteiger partial charge in [0.15, 0.2) is 0 Å². The minimum atomic E-state index is -0.163. The van der Waals surface area contributed by atoms with Crippen molar-refractivity contribution in [3.63, 3.8) is 0 Å². The average molecular weight is 300 g/mol. The summed E-state index contributed by atoms with van der Waals surface area (Å²) in [5.74, 6) is -0.163. The van der Waals surface area contributed by atoms with Crippen molar-refractivity contribution in [1.29, 1.82) is 0 Å². The first-order valence-electron chi connectivity index (χ1n) is 7.38. The molecule has 0 aliphatic heterocycles. The monoisotopic (exact) mass is 300 g/mol. The van der Waals surface area contributed by atoms with Crippen LogP contribution in [0, 0.1) is 0 Å². The predicted molar refractivity (Wildman–Crippen MR) is 93.7 cm³/mol. The minimum Gasteiger partial charge on any atom is -0.267 e. The topological polar surface area (TPSA) is 32.7 Å². The summed E-state index contributed by atoms with van der Waals surface area (Å²) in [4.78, 5) is 12.8. The zero-order chi connectivity index (χ0) is 15.9. The number of carbonyl (C=O) groups excluding carboxylic acids is 1. The Morgan fingerprint density at radius 1 is 0.739 bits per heavy atom. The molecule has 3 aromatic rings. The molecule has 3 aromatic carbocycles. The molecule has 0 spiro atoms. The number of nitrogens with zero attached hydrogens (tertiary/aromatic N) is 2. The second kappa shape index (κ2) is 7.18. The lowest BCUT2D eigenvalue weighted by atomic mass is 10.2. The molecule has 3 rings (SSSR count). The third-order valence-corrected chi connectivity index (χ3v) is 3.34. The Labute approximate surface area is 135 Å². The molecule has 0 aliphatic rings. The highest BCUT2D eigenvalue weighted by Gasteiger charge is 2.16. The van der Waals surface area contributed by atoms with Crippen molar-refractivity contribution in [3.8, 4) is 0 Å². The Kier molecular flexibility index (Phi) is 4.60. The van der Waals surface area contributed by atoms with E-state index in [0.717, 1.165) is 11.3 Å². The number of hydrogen-bond acceptors (Lipinski definition) is 2. The number of hydrazone groups is 1. The van der Waals surface area contributed by atoms with Gasteiger partial charge in [-0.25, -0.2) is 0 Å². The molecule has 0 aromatic heterocycles. The van der Waals surface area contributed by atoms with Gasteiger partial charge >= 0.3 is 0 Å². The number of rotatable bonds is 4. The van der Waals surface area contributed by atoms with Gasteiger partial charge in [0, 0.05) is 5.56 Å². The molecule has 0 saturated carbocycles. The average Bonchev–Trinajstić information content (AvgIpc) is 2.64. The molecule has 0 N–H and O–H groups in total. The molecule has 0 bridgehead atoms. The molecule has 0 atom stereocenters. The van der Waals surface area contributed by atoms with Gasteiger partial charge in [0.1, 0.15) is 0 Å². The van der Waals surface area contributed by atoms with Crippen molar-refractivity contribution >= 4 is 17.8 Å². The second-order valence-electron chi connectivity index (χ2n) is 4.97. The molecule has 3 heteroatoms. The summed E-state index contributed by atoms with van der Waals surface area (Å²) < 4.78 is 0. The van der Waals surface area contributed by atoms with Crippen LogP contribution >= 0.6 is 0 Å². The van der Waals surface area contributed by atoms with Crippen LogP contribution in [0.4, 0.5) is 5.69 Å². The molecule has 0 heterocycles. The maximum atomic E-state index is 12.8. The predicted octanol–water partition coefficient (Wildman–Crippen LogP) is 4.37. The molecule has 0 radical (unpaired) electrons. The second-order valence-corrected chi connectivity index (χ2v) is 4.97. The Morgan fingerprint density at radius 2 is 1.26 bits per heavy atom. The summed E-state index contributed by atoms with van der Waals surface area (Å²) in [6.45, 7) is 0. The van der Waals surface area contributed by atoms with Gasteiger partial charge in [-0.1, -0.05) is 66.7 Å². The SMILES string of the molecule is O=C(c1ccccc1)N(N=Cc1ccccc1)c1ccccc1. The molecule has 112 valence electrons. The van der Waals surface area contributed by atoms with Crippen LogP contribution in [0.3, 0.4) is 0 Å². The lowest BCUT2D eigenvalue weighted by Crippen LogP contribution is -2.25. The molecular weight excluding hydrogens is 284 g/mol. The van der Waals surface area contributed by atoms with Crippen LogP contribution in [0.2, 0.25) is 0 Å². The maximum Gasteiger partial charge on any atom is 0.278 e. The summed E-state index contributed by atoms with van der Waals surface area (Å²) in [5, 5.41) is 5.82. The van der Waals surface area contributed by atoms with Gasteiger partial charge in [-0.15, -0.1) is 0 Å². The van der Waals surface area contributed by atoms with Crippen LogP contribution in [-0.2, 0) is 0 Å². The van der Waals surface area contributed by atoms with E-state index in [2.05, 4.69) is 5.10 Å². The van der Waals surface area contributed by atoms with Gasteiger partial charge in [-0.2, -0.15) is 10.1 Å². The lowest BCUT2D eigenvalue weighted by molar-refractivity contribution is 0.0988. The van der Waals surface area contributed by atoms with E-state index in [1.807, 2.05) is 78.9 Å². The number of amides is 1. The highest BCUT2D eigenvalue weighted by molar-refractivity contribution is 6.06. The van der Waals surface area contributed by atoms with E-state index in [9.17, 15) is 4.79 Å². The third-order valence-electron chi connectivity index (χ3n) is 3.34. The number of carbonyl (C=O) groups is 1. The van der Waals surface area contributed by atoms with Crippen LogP contribution in [0.1, 0.15) is 15.9 Å². The van der Waals surface area contributed by atoms with Gasteiger partial charge in [0.05, 0.1) is 11.9 Å². The summed E-state index contributed by atoms with van der Waals surface area (Å²) >= 11 is 0. The largest absolute Gasteiger partial charge is 0.278 e. The number of anilines is 1. The first-order valence-corrected chi connectivity index (χ1v) is 7.38. The van der Waals surface area contributed by atoms with Crippen LogP contribution in [0.15, 0.2) is 96.1 Å². The zero-order valence-corrected chi connectivity index (χ0v) is 12.5. The van der Waals surface area contributed by atoms with Crippen LogP contribution < -0.4 is 5.01 Å². The summed E-state index contributed by atoms with van der Waals surface area (Å²) in [6.07, 6.45) is 1.69. The van der Waals surface area contributed by atoms with Gasteiger partial charge in [0.2, 0.25) is 0 Å². The van der Waals surface area contributed by atoms with Gasteiger partial charge in [-0.3, -0.25) is 4.79 Å². The first kappa shape index (κ1) is 14.7. The van der Waals surface area contributed by atoms with Crippen molar-refractivity contribution in [3.05, 3.63) is 102 Å². The summed E-state index contributed by atoms with van der Waals surface area (Å²) in [7, 11) is 0. The van der Waals surface area contributed by atoms with Crippen molar-refractivity contribution in [2.45, 2.75) is 0 Å². The van der Waals surface area contributed by atoms with Crippen molar-refractivity contribution < 1.29 is 4.79 Å². The van der Waals surface area contributed by atoms with Gasteiger partial charge < -0.3 is 0 Å². The zero-order valence-electron chi connectivity index (χ0n) is 12.5. The Morgan fingerprint density at radius 3 is 1.87 bits per heavy atom. The van der Waals surface area contributed by atoms with E-state index in [1.165, 1.54) is 5.01 Å². The maximum absolute atomic E-state index is 12.8. The Balaban J connectivity index is 1.95. The van der Waals surface area contributed by atoms with E-state index in [1.54, 1.807) is 18.3 Å². The van der Waals surface area contributed by atoms with E-state index in [4.69, 9.17) is 0 Å². The van der Waals surface area contributed by atoms with E-state index >= 15 is 0 Å². The lowest BCUT2D eigenvalue weighted by Gasteiger charge is -2.17. The van der Waals surface area contributed by atoms with Crippen molar-refractivity contribution in [1.82, 2.24) is 0 Å². The summed E-state index contributed by atoms with van der Waals surface area (Å²) in [6, 6.07) is 28.3. The normalized spacial score (nSPS) is 10.6. The minimum absolute atomic E-state index is 0.163. The quantitative estimate of drug-likeness (QED) is 0.520. The van der Waals surface area contributed by atoms with E-state index < -0.39 is 0 Å². The Hall–Kier alpha value is -3.20. The van der Waals surface area contributed by atoms with E-state index in [-0.39, 0.29) is 5.91 Å². The Bertz CT molecular complexity index is 784.